The van der Waals surface area contributed by atoms with Crippen molar-refractivity contribution in [3.63, 3.8) is 0 Å². The van der Waals surface area contributed by atoms with E-state index in [0.717, 1.165) is 24.8 Å². The molecule has 0 aromatic heterocycles. The number of amides is 2. The highest BCUT2D eigenvalue weighted by atomic mass is 16.5. The number of unbranched alkanes of at least 4 members (excludes halogenated alkanes) is 2. The molecule has 8 heteroatoms. The van der Waals surface area contributed by atoms with Crippen LogP contribution in [-0.2, 0) is 23.9 Å². The van der Waals surface area contributed by atoms with Gasteiger partial charge in [-0.05, 0) is 49.6 Å². The zero-order chi connectivity index (χ0) is 24.5. The first kappa shape index (κ1) is 27.8. The van der Waals surface area contributed by atoms with Gasteiger partial charge in [0.1, 0.15) is 5.78 Å². The lowest BCUT2D eigenvalue weighted by atomic mass is 10.1. The van der Waals surface area contributed by atoms with E-state index in [9.17, 15) is 19.2 Å². The van der Waals surface area contributed by atoms with Crippen LogP contribution < -0.4 is 10.6 Å². The summed E-state index contributed by atoms with van der Waals surface area (Å²) in [6.45, 7) is 3.77. The molecule has 0 heterocycles. The standard InChI is InChI=1S/C25H34N2O6/c1-3-33-25(32)21(16-18-28)11-8-20-9-12-22(13-10-20)27-24(31)15-14-23(30)7-5-4-6-17-26-19(2)29/h8-13,16,28H,3-7,14-15,17-18H2,1-2H3,(H,26,29)(H,27,31)/b11-8+,21-16+. The molecule has 3 N–H and O–H groups in total. The predicted molar refractivity (Wildman–Crippen MR) is 127 cm³/mol. The zero-order valence-electron chi connectivity index (χ0n) is 19.4. The fraction of sp³-hybridized carbons (Fsp3) is 0.440. The number of Topliss-reactive ketones (excluding diaryl/α,β-unsaturated/α-hetero) is 1. The number of hydrogen-bond acceptors (Lipinski definition) is 6. The minimum Gasteiger partial charge on any atom is -0.462 e. The molecule has 1 rings (SSSR count). The van der Waals surface area contributed by atoms with Gasteiger partial charge in [0.05, 0.1) is 18.8 Å². The molecular formula is C25H34N2O6. The lowest BCUT2D eigenvalue weighted by molar-refractivity contribution is -0.138. The molecule has 0 saturated heterocycles. The van der Waals surface area contributed by atoms with Crippen molar-refractivity contribution in [3.8, 4) is 0 Å². The smallest absolute Gasteiger partial charge is 0.337 e. The van der Waals surface area contributed by atoms with Gasteiger partial charge in [0.15, 0.2) is 0 Å². The molecule has 0 unspecified atom stereocenters. The first-order valence-electron chi connectivity index (χ1n) is 11.2. The molecule has 0 fully saturated rings. The van der Waals surface area contributed by atoms with Gasteiger partial charge in [-0.2, -0.15) is 0 Å². The van der Waals surface area contributed by atoms with Crippen LogP contribution in [0.25, 0.3) is 6.08 Å². The van der Waals surface area contributed by atoms with E-state index in [1.807, 2.05) is 0 Å². The van der Waals surface area contributed by atoms with Crippen molar-refractivity contribution in [2.75, 3.05) is 25.1 Å². The average Bonchev–Trinajstić information content (AvgIpc) is 2.78. The lowest BCUT2D eigenvalue weighted by Gasteiger charge is -2.06. The van der Waals surface area contributed by atoms with E-state index in [-0.39, 0.29) is 49.2 Å². The summed E-state index contributed by atoms with van der Waals surface area (Å²) >= 11 is 0. The van der Waals surface area contributed by atoms with Crippen LogP contribution in [0.2, 0.25) is 0 Å². The molecular weight excluding hydrogens is 424 g/mol. The summed E-state index contributed by atoms with van der Waals surface area (Å²) in [6.07, 6.45) is 7.85. The second-order valence-corrected chi connectivity index (χ2v) is 7.40. The van der Waals surface area contributed by atoms with E-state index >= 15 is 0 Å². The quantitative estimate of drug-likeness (QED) is 0.161. The van der Waals surface area contributed by atoms with Gasteiger partial charge in [-0.1, -0.05) is 24.6 Å². The van der Waals surface area contributed by atoms with Crippen LogP contribution >= 0.6 is 0 Å². The van der Waals surface area contributed by atoms with Gasteiger partial charge in [-0.25, -0.2) is 4.79 Å². The number of benzene rings is 1. The molecule has 0 aliphatic carbocycles. The highest BCUT2D eigenvalue weighted by molar-refractivity contribution is 5.94. The van der Waals surface area contributed by atoms with Crippen molar-refractivity contribution < 1.29 is 29.0 Å². The minimum absolute atomic E-state index is 0.0541. The Balaban J connectivity index is 2.39. The molecule has 0 spiro atoms. The van der Waals surface area contributed by atoms with Crippen LogP contribution in [0.1, 0.15) is 57.9 Å². The number of carbonyl (C=O) groups is 4. The van der Waals surface area contributed by atoms with Crippen molar-refractivity contribution in [2.24, 2.45) is 0 Å². The largest absolute Gasteiger partial charge is 0.462 e. The maximum absolute atomic E-state index is 12.1. The Hall–Kier alpha value is -3.26. The highest BCUT2D eigenvalue weighted by Crippen LogP contribution is 2.13. The van der Waals surface area contributed by atoms with E-state index < -0.39 is 5.97 Å². The summed E-state index contributed by atoms with van der Waals surface area (Å²) < 4.78 is 4.94. The molecule has 8 nitrogen and oxygen atoms in total. The average molecular weight is 459 g/mol. The number of carbonyl (C=O) groups excluding carboxylic acids is 4. The van der Waals surface area contributed by atoms with Gasteiger partial charge in [-0.3, -0.25) is 14.4 Å². The Morgan fingerprint density at radius 1 is 1.00 bits per heavy atom. The summed E-state index contributed by atoms with van der Waals surface area (Å²) in [5, 5.41) is 14.5. The minimum atomic E-state index is -0.508. The molecule has 33 heavy (non-hydrogen) atoms. The SMILES string of the molecule is CCOC(=O)C(/C=C/c1ccc(NC(=O)CCC(=O)CCCCCNC(C)=O)cc1)=C/CO. The Kier molecular flexibility index (Phi) is 13.8. The van der Waals surface area contributed by atoms with Crippen LogP contribution in [0.4, 0.5) is 5.69 Å². The molecule has 1 aromatic carbocycles. The summed E-state index contributed by atoms with van der Waals surface area (Å²) in [6, 6.07) is 7.02. The molecule has 0 aliphatic heterocycles. The van der Waals surface area contributed by atoms with Crippen LogP contribution in [0.5, 0.6) is 0 Å². The highest BCUT2D eigenvalue weighted by Gasteiger charge is 2.08. The summed E-state index contributed by atoms with van der Waals surface area (Å²) in [4.78, 5) is 46.6. The van der Waals surface area contributed by atoms with Gasteiger partial charge in [0.25, 0.3) is 0 Å². The number of aliphatic hydroxyl groups excluding tert-OH is 1. The summed E-state index contributed by atoms with van der Waals surface area (Å²) in [7, 11) is 0. The Labute approximate surface area is 195 Å². The molecule has 180 valence electrons. The fourth-order valence-electron chi connectivity index (χ4n) is 2.89. The number of esters is 1. The second-order valence-electron chi connectivity index (χ2n) is 7.40. The van der Waals surface area contributed by atoms with Gasteiger partial charge < -0.3 is 20.5 Å². The molecule has 0 radical (unpaired) electrons. The van der Waals surface area contributed by atoms with E-state index in [4.69, 9.17) is 9.84 Å². The molecule has 0 bridgehead atoms. The van der Waals surface area contributed by atoms with Crippen molar-refractivity contribution in [1.82, 2.24) is 5.32 Å². The topological polar surface area (TPSA) is 122 Å². The van der Waals surface area contributed by atoms with Crippen molar-refractivity contribution in [1.29, 1.82) is 0 Å². The molecule has 2 amide bonds. The number of aliphatic hydroxyl groups is 1. The third-order valence-electron chi connectivity index (χ3n) is 4.61. The first-order valence-corrected chi connectivity index (χ1v) is 11.2. The van der Waals surface area contributed by atoms with Crippen molar-refractivity contribution in [2.45, 2.75) is 52.4 Å². The number of hydrogen-bond donors (Lipinski definition) is 3. The maximum Gasteiger partial charge on any atom is 0.337 e. The monoisotopic (exact) mass is 458 g/mol. The van der Waals surface area contributed by atoms with Gasteiger partial charge >= 0.3 is 5.97 Å². The molecule has 1 aromatic rings. The number of rotatable bonds is 15. The van der Waals surface area contributed by atoms with Crippen LogP contribution in [0.15, 0.2) is 42.0 Å². The zero-order valence-corrected chi connectivity index (χ0v) is 19.4. The number of ether oxygens (including phenoxy) is 1. The van der Waals surface area contributed by atoms with E-state index in [1.165, 1.54) is 13.0 Å². The molecule has 0 aliphatic rings. The molecule has 0 atom stereocenters. The Bertz CT molecular complexity index is 843. The van der Waals surface area contributed by atoms with E-state index in [1.54, 1.807) is 43.3 Å². The van der Waals surface area contributed by atoms with E-state index in [0.29, 0.717) is 18.7 Å². The first-order chi connectivity index (χ1) is 15.8. The third kappa shape index (κ3) is 13.0. The Morgan fingerprint density at radius 2 is 1.73 bits per heavy atom. The lowest BCUT2D eigenvalue weighted by Crippen LogP contribution is -2.20. The summed E-state index contributed by atoms with van der Waals surface area (Å²) in [5.41, 5.74) is 1.67. The normalized spacial score (nSPS) is 11.3. The molecule has 0 saturated carbocycles. The van der Waals surface area contributed by atoms with Crippen LogP contribution in [0, 0.1) is 0 Å². The van der Waals surface area contributed by atoms with Crippen LogP contribution in [-0.4, -0.2) is 48.4 Å². The van der Waals surface area contributed by atoms with E-state index in [2.05, 4.69) is 10.6 Å². The summed E-state index contributed by atoms with van der Waals surface area (Å²) in [5.74, 6) is -0.737. The number of nitrogens with one attached hydrogen (secondary N) is 2. The third-order valence-corrected chi connectivity index (χ3v) is 4.61. The fourth-order valence-corrected chi connectivity index (χ4v) is 2.89. The van der Waals surface area contributed by atoms with Crippen LogP contribution in [0.3, 0.4) is 0 Å². The predicted octanol–water partition coefficient (Wildman–Crippen LogP) is 3.17. The van der Waals surface area contributed by atoms with Crippen molar-refractivity contribution >= 4 is 35.3 Å². The maximum atomic E-state index is 12.1. The number of anilines is 1. The van der Waals surface area contributed by atoms with Gasteiger partial charge in [0, 0.05) is 38.4 Å². The van der Waals surface area contributed by atoms with Gasteiger partial charge in [0.2, 0.25) is 11.8 Å². The van der Waals surface area contributed by atoms with Gasteiger partial charge in [-0.15, -0.1) is 0 Å². The Morgan fingerprint density at radius 3 is 2.36 bits per heavy atom. The second kappa shape index (κ2) is 16.4. The number of ketones is 1. The van der Waals surface area contributed by atoms with Crippen molar-refractivity contribution in [3.05, 3.63) is 47.6 Å².